The van der Waals surface area contributed by atoms with E-state index in [1.807, 2.05) is 19.1 Å². The predicted octanol–water partition coefficient (Wildman–Crippen LogP) is 3.50. The van der Waals surface area contributed by atoms with Gasteiger partial charge in [-0.1, -0.05) is 17.7 Å². The molecule has 0 unspecified atom stereocenters. The molecule has 0 aliphatic heterocycles. The molecule has 110 valence electrons. The van der Waals surface area contributed by atoms with E-state index < -0.39 is 5.91 Å². The second-order valence-electron chi connectivity index (χ2n) is 4.50. The summed E-state index contributed by atoms with van der Waals surface area (Å²) in [5, 5.41) is 15.1. The Labute approximate surface area is 133 Å². The Hall–Kier alpha value is -2.84. The number of anilines is 2. The number of aryl methyl sites for hydroxylation is 1. The van der Waals surface area contributed by atoms with Crippen molar-refractivity contribution < 1.29 is 4.79 Å². The molecule has 0 saturated carbocycles. The molecule has 2 aromatic rings. The van der Waals surface area contributed by atoms with Crippen LogP contribution in [0.1, 0.15) is 5.56 Å². The normalized spacial score (nSPS) is 10.7. The van der Waals surface area contributed by atoms with Gasteiger partial charge < -0.3 is 10.6 Å². The lowest BCUT2D eigenvalue weighted by Crippen LogP contribution is -2.14. The maximum atomic E-state index is 12.0. The van der Waals surface area contributed by atoms with Crippen LogP contribution in [-0.4, -0.2) is 10.9 Å². The molecule has 6 heteroatoms. The predicted molar refractivity (Wildman–Crippen MR) is 86.4 cm³/mol. The highest BCUT2D eigenvalue weighted by atomic mass is 35.5. The van der Waals surface area contributed by atoms with Crippen molar-refractivity contribution >= 4 is 29.0 Å². The first kappa shape index (κ1) is 15.5. The van der Waals surface area contributed by atoms with Crippen LogP contribution >= 0.6 is 11.6 Å². The Morgan fingerprint density at radius 3 is 2.59 bits per heavy atom. The number of nitriles is 1. The highest BCUT2D eigenvalue weighted by molar-refractivity contribution is 6.30. The lowest BCUT2D eigenvalue weighted by molar-refractivity contribution is -0.112. The maximum absolute atomic E-state index is 12.0. The molecular formula is C16H13ClN4O. The zero-order valence-corrected chi connectivity index (χ0v) is 12.6. The molecular weight excluding hydrogens is 300 g/mol. The van der Waals surface area contributed by atoms with Crippen molar-refractivity contribution in [2.45, 2.75) is 6.92 Å². The van der Waals surface area contributed by atoms with Crippen LogP contribution in [0.4, 0.5) is 11.5 Å². The zero-order chi connectivity index (χ0) is 15.9. The number of carbonyl (C=O) groups is 1. The molecule has 0 bridgehead atoms. The average Bonchev–Trinajstić information content (AvgIpc) is 2.52. The number of nitrogens with zero attached hydrogens (tertiary/aromatic N) is 2. The first-order valence-corrected chi connectivity index (χ1v) is 6.82. The van der Waals surface area contributed by atoms with E-state index in [1.165, 1.54) is 6.20 Å². The van der Waals surface area contributed by atoms with E-state index >= 15 is 0 Å². The van der Waals surface area contributed by atoms with Gasteiger partial charge in [-0.2, -0.15) is 5.26 Å². The second-order valence-corrected chi connectivity index (χ2v) is 4.93. The van der Waals surface area contributed by atoms with Gasteiger partial charge in [-0.15, -0.1) is 0 Å². The number of rotatable bonds is 4. The van der Waals surface area contributed by atoms with Crippen molar-refractivity contribution in [1.82, 2.24) is 4.98 Å². The van der Waals surface area contributed by atoms with Gasteiger partial charge >= 0.3 is 0 Å². The fraction of sp³-hybridized carbons (Fsp3) is 0.0625. The Morgan fingerprint density at radius 2 is 2.00 bits per heavy atom. The van der Waals surface area contributed by atoms with Gasteiger partial charge in [0.25, 0.3) is 5.91 Å². The van der Waals surface area contributed by atoms with Gasteiger partial charge in [0.2, 0.25) is 0 Å². The van der Waals surface area contributed by atoms with E-state index in [2.05, 4.69) is 15.6 Å². The minimum absolute atomic E-state index is 0.0580. The van der Waals surface area contributed by atoms with Crippen LogP contribution in [0.15, 0.2) is 54.4 Å². The molecule has 0 aliphatic rings. The first-order chi connectivity index (χ1) is 10.6. The molecule has 0 aliphatic carbocycles. The monoisotopic (exact) mass is 312 g/mol. The molecule has 2 rings (SSSR count). The number of halogens is 1. The third kappa shape index (κ3) is 4.33. The molecule has 1 aromatic heterocycles. The standard InChI is InChI=1S/C16H13ClN4O/c1-11-2-7-15(19-9-11)20-10-12(8-18)16(22)21-14-5-3-13(17)4-6-14/h2-7,9-10H,1H3,(H,19,20)(H,21,22)/b12-10-. The fourth-order valence-electron chi connectivity index (χ4n) is 1.58. The molecule has 5 nitrogen and oxygen atoms in total. The third-order valence-electron chi connectivity index (χ3n) is 2.74. The Morgan fingerprint density at radius 1 is 1.27 bits per heavy atom. The van der Waals surface area contributed by atoms with Crippen LogP contribution < -0.4 is 10.6 Å². The molecule has 0 atom stereocenters. The molecule has 0 saturated heterocycles. The molecule has 22 heavy (non-hydrogen) atoms. The zero-order valence-electron chi connectivity index (χ0n) is 11.8. The van der Waals surface area contributed by atoms with Gasteiger partial charge in [0.1, 0.15) is 17.5 Å². The number of hydrogen-bond donors (Lipinski definition) is 2. The number of carbonyl (C=O) groups excluding carboxylic acids is 1. The molecule has 2 N–H and O–H groups in total. The summed E-state index contributed by atoms with van der Waals surface area (Å²) in [4.78, 5) is 16.1. The highest BCUT2D eigenvalue weighted by Gasteiger charge is 2.09. The molecule has 1 amide bonds. The van der Waals surface area contributed by atoms with Crippen LogP contribution in [0.2, 0.25) is 5.02 Å². The summed E-state index contributed by atoms with van der Waals surface area (Å²) in [5.41, 5.74) is 1.52. The number of aromatic nitrogens is 1. The Bertz CT molecular complexity index is 730. The van der Waals surface area contributed by atoms with E-state index in [0.717, 1.165) is 5.56 Å². The quantitative estimate of drug-likeness (QED) is 0.669. The SMILES string of the molecule is Cc1ccc(N/C=C(/C#N)C(=O)Nc2ccc(Cl)cc2)nc1. The maximum Gasteiger partial charge on any atom is 0.267 e. The summed E-state index contributed by atoms with van der Waals surface area (Å²) in [6, 6.07) is 12.1. The third-order valence-corrected chi connectivity index (χ3v) is 2.99. The summed E-state index contributed by atoms with van der Waals surface area (Å²) in [5.74, 6) is 0.0436. The van der Waals surface area contributed by atoms with E-state index in [-0.39, 0.29) is 5.57 Å². The fourth-order valence-corrected chi connectivity index (χ4v) is 1.71. The van der Waals surface area contributed by atoms with Gasteiger partial charge in [0, 0.05) is 23.1 Å². The van der Waals surface area contributed by atoms with E-state index in [4.69, 9.17) is 16.9 Å². The van der Waals surface area contributed by atoms with Gasteiger partial charge in [0.05, 0.1) is 0 Å². The summed E-state index contributed by atoms with van der Waals surface area (Å²) in [6.07, 6.45) is 3.01. The number of benzene rings is 1. The molecule has 0 fully saturated rings. The Balaban J connectivity index is 2.05. The summed E-state index contributed by atoms with van der Waals surface area (Å²) >= 11 is 5.77. The van der Waals surface area contributed by atoms with Crippen molar-refractivity contribution in [2.24, 2.45) is 0 Å². The van der Waals surface area contributed by atoms with Crippen LogP contribution in [0, 0.1) is 18.3 Å². The summed E-state index contributed by atoms with van der Waals surface area (Å²) in [7, 11) is 0. The number of pyridine rings is 1. The molecule has 1 aromatic carbocycles. The van der Waals surface area contributed by atoms with Crippen molar-refractivity contribution in [1.29, 1.82) is 5.26 Å². The minimum Gasteiger partial charge on any atom is -0.345 e. The van der Waals surface area contributed by atoms with E-state index in [1.54, 1.807) is 36.5 Å². The van der Waals surface area contributed by atoms with Crippen molar-refractivity contribution in [3.8, 4) is 6.07 Å². The van der Waals surface area contributed by atoms with Crippen LogP contribution in [0.3, 0.4) is 0 Å². The molecule has 1 heterocycles. The van der Waals surface area contributed by atoms with Gasteiger partial charge in [-0.3, -0.25) is 4.79 Å². The minimum atomic E-state index is -0.510. The molecule has 0 spiro atoms. The smallest absolute Gasteiger partial charge is 0.267 e. The Kier molecular flexibility index (Phi) is 5.12. The number of hydrogen-bond acceptors (Lipinski definition) is 4. The van der Waals surface area contributed by atoms with Crippen LogP contribution in [0.25, 0.3) is 0 Å². The van der Waals surface area contributed by atoms with E-state index in [0.29, 0.717) is 16.5 Å². The van der Waals surface area contributed by atoms with Crippen molar-refractivity contribution in [3.63, 3.8) is 0 Å². The van der Waals surface area contributed by atoms with Crippen molar-refractivity contribution in [2.75, 3.05) is 10.6 Å². The van der Waals surface area contributed by atoms with Gasteiger partial charge in [-0.05, 0) is 42.8 Å². The van der Waals surface area contributed by atoms with E-state index in [9.17, 15) is 4.79 Å². The lowest BCUT2D eigenvalue weighted by Gasteiger charge is -2.05. The lowest BCUT2D eigenvalue weighted by atomic mass is 10.2. The summed E-state index contributed by atoms with van der Waals surface area (Å²) in [6.45, 7) is 1.92. The number of nitrogens with one attached hydrogen (secondary N) is 2. The van der Waals surface area contributed by atoms with Crippen LogP contribution in [0.5, 0.6) is 0 Å². The van der Waals surface area contributed by atoms with Gasteiger partial charge in [-0.25, -0.2) is 4.98 Å². The first-order valence-electron chi connectivity index (χ1n) is 6.45. The average molecular weight is 313 g/mol. The summed E-state index contributed by atoms with van der Waals surface area (Å²) < 4.78 is 0. The van der Waals surface area contributed by atoms with Crippen molar-refractivity contribution in [3.05, 3.63) is 65.0 Å². The topological polar surface area (TPSA) is 77.8 Å². The van der Waals surface area contributed by atoms with Crippen LogP contribution in [-0.2, 0) is 4.79 Å². The molecule has 0 radical (unpaired) electrons. The largest absolute Gasteiger partial charge is 0.345 e. The highest BCUT2D eigenvalue weighted by Crippen LogP contribution is 2.14. The number of amides is 1. The second kappa shape index (κ2) is 7.25. The van der Waals surface area contributed by atoms with Gasteiger partial charge in [0.15, 0.2) is 0 Å².